The Balaban J connectivity index is 1.58. The van der Waals surface area contributed by atoms with Crippen molar-refractivity contribution in [2.75, 3.05) is 5.75 Å². The Morgan fingerprint density at radius 2 is 1.86 bits per heavy atom. The van der Waals surface area contributed by atoms with E-state index in [-0.39, 0.29) is 0 Å². The van der Waals surface area contributed by atoms with Crippen molar-refractivity contribution in [1.82, 2.24) is 25.2 Å². The summed E-state index contributed by atoms with van der Waals surface area (Å²) >= 11 is 1.65. The minimum atomic E-state index is 0.694. The number of tetrazole rings is 1. The number of pyridine rings is 1. The normalized spacial score (nSPS) is 10.7. The van der Waals surface area contributed by atoms with Crippen molar-refractivity contribution >= 4 is 11.8 Å². The van der Waals surface area contributed by atoms with Crippen LogP contribution in [-0.4, -0.2) is 30.9 Å². The van der Waals surface area contributed by atoms with Crippen LogP contribution in [0, 0.1) is 0 Å². The van der Waals surface area contributed by atoms with Gasteiger partial charge in [0.15, 0.2) is 0 Å². The number of hydrogen-bond acceptors (Lipinski definition) is 5. The Hall–Kier alpha value is -2.21. The molecule has 0 amide bonds. The molecule has 2 aromatic heterocycles. The zero-order chi connectivity index (χ0) is 14.3. The smallest absolute Gasteiger partial charge is 0.209 e. The van der Waals surface area contributed by atoms with E-state index < -0.39 is 0 Å². The largest absolute Gasteiger partial charge is 0.261 e. The van der Waals surface area contributed by atoms with Crippen LogP contribution in [0.1, 0.15) is 11.3 Å². The average molecular weight is 297 g/mol. The fourth-order valence-electron chi connectivity index (χ4n) is 1.95. The lowest BCUT2D eigenvalue weighted by Gasteiger charge is -2.04. The number of benzene rings is 1. The van der Waals surface area contributed by atoms with Gasteiger partial charge in [-0.15, -0.1) is 5.10 Å². The lowest BCUT2D eigenvalue weighted by molar-refractivity contribution is 0.603. The van der Waals surface area contributed by atoms with Gasteiger partial charge in [0.2, 0.25) is 5.16 Å². The molecule has 21 heavy (non-hydrogen) atoms. The zero-order valence-corrected chi connectivity index (χ0v) is 12.3. The molecular formula is C15H15N5S. The lowest BCUT2D eigenvalue weighted by atomic mass is 10.2. The highest BCUT2D eigenvalue weighted by molar-refractivity contribution is 7.99. The molecule has 1 aromatic carbocycles. The third kappa shape index (κ3) is 3.88. The van der Waals surface area contributed by atoms with Crippen molar-refractivity contribution in [3.8, 4) is 0 Å². The van der Waals surface area contributed by atoms with Crippen molar-refractivity contribution in [3.05, 3.63) is 66.0 Å². The minimum absolute atomic E-state index is 0.694. The van der Waals surface area contributed by atoms with E-state index in [4.69, 9.17) is 0 Å². The Bertz CT molecular complexity index is 669. The second kappa shape index (κ2) is 6.99. The SMILES string of the molecule is c1ccc(Cn2nnnc2SCCc2ccccn2)cc1. The molecule has 0 aliphatic carbocycles. The molecule has 0 spiro atoms. The molecule has 0 radical (unpaired) electrons. The summed E-state index contributed by atoms with van der Waals surface area (Å²) < 4.78 is 1.83. The van der Waals surface area contributed by atoms with E-state index in [1.54, 1.807) is 11.8 Å². The molecule has 0 bridgehead atoms. The van der Waals surface area contributed by atoms with Gasteiger partial charge in [-0.1, -0.05) is 48.2 Å². The second-order valence-electron chi connectivity index (χ2n) is 4.52. The maximum atomic E-state index is 4.32. The zero-order valence-electron chi connectivity index (χ0n) is 11.5. The van der Waals surface area contributed by atoms with Gasteiger partial charge in [0.05, 0.1) is 6.54 Å². The van der Waals surface area contributed by atoms with E-state index >= 15 is 0 Å². The summed E-state index contributed by atoms with van der Waals surface area (Å²) in [6.45, 7) is 0.694. The summed E-state index contributed by atoms with van der Waals surface area (Å²) in [4.78, 5) is 4.32. The third-order valence-electron chi connectivity index (χ3n) is 2.99. The van der Waals surface area contributed by atoms with Crippen LogP contribution in [0.25, 0.3) is 0 Å². The maximum absolute atomic E-state index is 4.32. The fourth-order valence-corrected chi connectivity index (χ4v) is 2.79. The molecule has 0 saturated carbocycles. The third-order valence-corrected chi connectivity index (χ3v) is 3.95. The van der Waals surface area contributed by atoms with Crippen LogP contribution >= 0.6 is 11.8 Å². The van der Waals surface area contributed by atoms with Crippen LogP contribution in [0.15, 0.2) is 59.9 Å². The first-order valence-electron chi connectivity index (χ1n) is 6.74. The standard InChI is InChI=1S/C15H15N5S/c1-2-6-13(7-3-1)12-20-15(17-18-19-20)21-11-9-14-8-4-5-10-16-14/h1-8,10H,9,11-12H2. The molecule has 0 saturated heterocycles. The molecule has 0 aliphatic rings. The number of nitrogens with zero attached hydrogens (tertiary/aromatic N) is 5. The lowest BCUT2D eigenvalue weighted by Crippen LogP contribution is -2.04. The summed E-state index contributed by atoms with van der Waals surface area (Å²) in [5.74, 6) is 0.909. The quantitative estimate of drug-likeness (QED) is 0.654. The minimum Gasteiger partial charge on any atom is -0.261 e. The van der Waals surface area contributed by atoms with Crippen molar-refractivity contribution in [1.29, 1.82) is 0 Å². The van der Waals surface area contributed by atoms with E-state index in [2.05, 4.69) is 32.6 Å². The Morgan fingerprint density at radius 1 is 1.00 bits per heavy atom. The molecule has 0 fully saturated rings. The topological polar surface area (TPSA) is 56.5 Å². The van der Waals surface area contributed by atoms with Gasteiger partial charge in [-0.3, -0.25) is 4.98 Å². The first kappa shape index (κ1) is 13.8. The van der Waals surface area contributed by atoms with Gasteiger partial charge in [-0.25, -0.2) is 4.68 Å². The first-order valence-corrected chi connectivity index (χ1v) is 7.73. The summed E-state index contributed by atoms with van der Waals surface area (Å²) in [6.07, 6.45) is 2.73. The van der Waals surface area contributed by atoms with Crippen LogP contribution in [0.2, 0.25) is 0 Å². The monoisotopic (exact) mass is 297 g/mol. The number of aryl methyl sites for hydroxylation is 1. The fraction of sp³-hybridized carbons (Fsp3) is 0.200. The van der Waals surface area contributed by atoms with Gasteiger partial charge >= 0.3 is 0 Å². The Labute approximate surface area is 127 Å². The maximum Gasteiger partial charge on any atom is 0.209 e. The van der Waals surface area contributed by atoms with Gasteiger partial charge < -0.3 is 0 Å². The van der Waals surface area contributed by atoms with Crippen LogP contribution in [0.3, 0.4) is 0 Å². The predicted molar refractivity (Wildman–Crippen MR) is 82.0 cm³/mol. The van der Waals surface area contributed by atoms with Gasteiger partial charge in [-0.05, 0) is 34.5 Å². The molecule has 0 N–H and O–H groups in total. The van der Waals surface area contributed by atoms with Gasteiger partial charge in [-0.2, -0.15) is 0 Å². The molecule has 0 unspecified atom stereocenters. The molecule has 0 atom stereocenters. The molecule has 3 aromatic rings. The van der Waals surface area contributed by atoms with E-state index in [1.807, 2.05) is 47.3 Å². The Morgan fingerprint density at radius 3 is 2.67 bits per heavy atom. The van der Waals surface area contributed by atoms with Crippen LogP contribution < -0.4 is 0 Å². The van der Waals surface area contributed by atoms with Gasteiger partial charge in [0.25, 0.3) is 0 Å². The summed E-state index contributed by atoms with van der Waals surface area (Å²) in [6, 6.07) is 16.2. The number of rotatable bonds is 6. The summed E-state index contributed by atoms with van der Waals surface area (Å²) in [5, 5.41) is 12.8. The molecule has 5 nitrogen and oxygen atoms in total. The molecule has 3 rings (SSSR count). The summed E-state index contributed by atoms with van der Waals surface area (Å²) in [5.41, 5.74) is 2.28. The number of thioether (sulfide) groups is 1. The highest BCUT2D eigenvalue weighted by Gasteiger charge is 2.07. The van der Waals surface area contributed by atoms with E-state index in [0.29, 0.717) is 6.54 Å². The van der Waals surface area contributed by atoms with Gasteiger partial charge in [0, 0.05) is 17.6 Å². The van der Waals surface area contributed by atoms with E-state index in [1.165, 1.54) is 5.56 Å². The van der Waals surface area contributed by atoms with Crippen molar-refractivity contribution in [2.24, 2.45) is 0 Å². The van der Waals surface area contributed by atoms with Crippen LogP contribution in [-0.2, 0) is 13.0 Å². The van der Waals surface area contributed by atoms with Gasteiger partial charge in [0.1, 0.15) is 0 Å². The number of hydrogen-bond donors (Lipinski definition) is 0. The molecular weight excluding hydrogens is 282 g/mol. The predicted octanol–water partition coefficient (Wildman–Crippen LogP) is 2.45. The van der Waals surface area contributed by atoms with Crippen molar-refractivity contribution in [2.45, 2.75) is 18.1 Å². The Kier molecular flexibility index (Phi) is 4.58. The van der Waals surface area contributed by atoms with E-state index in [0.717, 1.165) is 23.0 Å². The second-order valence-corrected chi connectivity index (χ2v) is 5.59. The molecule has 2 heterocycles. The average Bonchev–Trinajstić information content (AvgIpc) is 2.97. The van der Waals surface area contributed by atoms with E-state index in [9.17, 15) is 0 Å². The highest BCUT2D eigenvalue weighted by atomic mass is 32.2. The van der Waals surface area contributed by atoms with Crippen molar-refractivity contribution in [3.63, 3.8) is 0 Å². The molecule has 106 valence electrons. The highest BCUT2D eigenvalue weighted by Crippen LogP contribution is 2.16. The number of aromatic nitrogens is 5. The molecule has 6 heteroatoms. The summed E-state index contributed by atoms with van der Waals surface area (Å²) in [7, 11) is 0. The van der Waals surface area contributed by atoms with Crippen LogP contribution in [0.5, 0.6) is 0 Å². The molecule has 0 aliphatic heterocycles. The van der Waals surface area contributed by atoms with Crippen molar-refractivity contribution < 1.29 is 0 Å². The first-order chi connectivity index (χ1) is 10.4. The van der Waals surface area contributed by atoms with Crippen LogP contribution in [0.4, 0.5) is 0 Å².